The molecule has 0 saturated heterocycles. The van der Waals surface area contributed by atoms with Crippen molar-refractivity contribution in [2.75, 3.05) is 0 Å². The van der Waals surface area contributed by atoms with E-state index in [1.54, 1.807) is 17.8 Å². The maximum atomic E-state index is 4.54. The number of rotatable bonds is 0. The molecule has 34 valence electrons. The predicted molar refractivity (Wildman–Crippen MR) is 44.0 cm³/mol. The Balaban J connectivity index is 4.68. The van der Waals surface area contributed by atoms with Crippen LogP contribution >= 0.6 is 0 Å². The van der Waals surface area contributed by atoms with Crippen molar-refractivity contribution >= 4 is 54.3 Å². The fourth-order valence-corrected chi connectivity index (χ4v) is 4.35. The van der Waals surface area contributed by atoms with E-state index in [-0.39, 0.29) is 0 Å². The number of hydrogen-bond acceptors (Lipinski definition) is 1. The molecule has 0 aliphatic rings. The van der Waals surface area contributed by atoms with E-state index >= 15 is 0 Å². The molecule has 0 spiro atoms. The molecule has 0 aliphatic heterocycles. The Morgan fingerprint density at radius 1 is 1.33 bits per heavy atom. The standard InChI is InChI=1S/BHS5/c1-3-5-6-4-2/h1H. The molecular formula is HBS5. The zero-order valence-electron chi connectivity index (χ0n) is 2.75. The molecule has 0 aromatic rings. The van der Waals surface area contributed by atoms with E-state index in [1.807, 2.05) is 0 Å². The first-order valence-corrected chi connectivity index (χ1v) is 6.87. The summed E-state index contributed by atoms with van der Waals surface area (Å²) in [6.45, 7) is 3.52. The van der Waals surface area contributed by atoms with Crippen molar-refractivity contribution in [3.05, 3.63) is 0 Å². The van der Waals surface area contributed by atoms with Gasteiger partial charge in [-0.05, 0) is 0 Å². The zero-order valence-corrected chi connectivity index (χ0v) is 6.83. The Bertz CT molecular complexity index is 136. The molecule has 0 atom stereocenters. The van der Waals surface area contributed by atoms with Crippen molar-refractivity contribution in [3.8, 4) is 0 Å². The molecule has 0 unspecified atom stereocenters. The van der Waals surface area contributed by atoms with E-state index in [0.717, 1.165) is 0 Å². The summed E-state index contributed by atoms with van der Waals surface area (Å²) in [5.41, 5.74) is 0. The Hall–Kier alpha value is 1.16. The van der Waals surface area contributed by atoms with Crippen LogP contribution in [0.1, 0.15) is 0 Å². The van der Waals surface area contributed by atoms with Gasteiger partial charge in [-0.2, -0.15) is 0 Å². The monoisotopic (exact) mass is 172 g/mol. The second-order valence-corrected chi connectivity index (χ2v) is 6.57. The molecule has 0 heterocycles. The SMILES string of the molecule is B=S=S=S=S=S. The van der Waals surface area contributed by atoms with E-state index in [0.29, 0.717) is 0 Å². The molecule has 0 radical (unpaired) electrons. The first-order valence-electron chi connectivity index (χ1n) is 0.955. The van der Waals surface area contributed by atoms with Crippen LogP contribution in [-0.2, 0) is 47.6 Å². The van der Waals surface area contributed by atoms with E-state index in [4.69, 9.17) is 0 Å². The summed E-state index contributed by atoms with van der Waals surface area (Å²) in [7, 11) is 5.94. The molecule has 6 heteroatoms. The van der Waals surface area contributed by atoms with Crippen molar-refractivity contribution in [2.45, 2.75) is 0 Å². The van der Waals surface area contributed by atoms with Crippen molar-refractivity contribution in [3.63, 3.8) is 0 Å². The molecule has 0 N–H and O–H groups in total. The maximum absolute atomic E-state index is 4.54. The third kappa shape index (κ3) is 5.16. The van der Waals surface area contributed by atoms with Gasteiger partial charge >= 0.3 is 54.3 Å². The van der Waals surface area contributed by atoms with Crippen molar-refractivity contribution in [1.29, 1.82) is 0 Å². The molecule has 0 nitrogen and oxygen atoms in total. The summed E-state index contributed by atoms with van der Waals surface area (Å²) in [5.74, 6) is 0. The van der Waals surface area contributed by atoms with Crippen LogP contribution in [0, 0.1) is 0 Å². The van der Waals surface area contributed by atoms with Gasteiger partial charge < -0.3 is 0 Å². The van der Waals surface area contributed by atoms with Crippen LogP contribution in [0.4, 0.5) is 0 Å². The molecular weight excluding hydrogens is 171 g/mol. The third-order valence-corrected chi connectivity index (χ3v) is 5.80. The topological polar surface area (TPSA) is 0 Å². The summed E-state index contributed by atoms with van der Waals surface area (Å²) in [6.07, 6.45) is 0. The summed E-state index contributed by atoms with van der Waals surface area (Å²) in [6, 6.07) is 0. The first kappa shape index (κ1) is 7.16. The van der Waals surface area contributed by atoms with Gasteiger partial charge in [-0.3, -0.25) is 0 Å². The predicted octanol–water partition coefficient (Wildman–Crippen LogP) is -0.661. The van der Waals surface area contributed by atoms with Crippen LogP contribution in [0.2, 0.25) is 0 Å². The van der Waals surface area contributed by atoms with Crippen molar-refractivity contribution < 1.29 is 0 Å². The molecule has 0 rings (SSSR count). The Kier molecular flexibility index (Phi) is 7.36. The fourth-order valence-electron chi connectivity index (χ4n) is 0.0310. The van der Waals surface area contributed by atoms with Gasteiger partial charge in [-0.25, -0.2) is 0 Å². The van der Waals surface area contributed by atoms with Crippen LogP contribution in [0.15, 0.2) is 0 Å². The summed E-state index contributed by atoms with van der Waals surface area (Å²) in [5, 5.41) is 0. The van der Waals surface area contributed by atoms with Crippen LogP contribution in [0.25, 0.3) is 0 Å². The van der Waals surface area contributed by atoms with Gasteiger partial charge in [0.05, 0.1) is 0 Å². The molecule has 0 saturated carbocycles. The fraction of sp³-hybridized carbons (Fsp3) is 0. The van der Waals surface area contributed by atoms with Crippen LogP contribution < -0.4 is 0 Å². The van der Waals surface area contributed by atoms with Gasteiger partial charge in [-0.1, -0.05) is 0 Å². The second-order valence-electron chi connectivity index (χ2n) is 0.322. The van der Waals surface area contributed by atoms with Gasteiger partial charge in [0.2, 0.25) is 0 Å². The van der Waals surface area contributed by atoms with Gasteiger partial charge in [0.25, 0.3) is 0 Å². The quantitative estimate of drug-likeness (QED) is 0.437. The molecule has 6 heavy (non-hydrogen) atoms. The Morgan fingerprint density at radius 2 is 2.00 bits per heavy atom. The summed E-state index contributed by atoms with van der Waals surface area (Å²) in [4.78, 5) is 0. The molecule has 0 amide bonds. The summed E-state index contributed by atoms with van der Waals surface area (Å²) >= 11 is 4.54. The minimum absolute atomic E-state index is 1.33. The molecule has 0 fully saturated rings. The van der Waals surface area contributed by atoms with E-state index in [2.05, 4.69) is 17.9 Å². The number of hydrogen-bond donors (Lipinski definition) is 0. The van der Waals surface area contributed by atoms with Crippen LogP contribution in [0.3, 0.4) is 0 Å². The third-order valence-electron chi connectivity index (χ3n) is 0.104. The van der Waals surface area contributed by atoms with Gasteiger partial charge in [0, 0.05) is 0 Å². The average molecular weight is 172 g/mol. The minimum atomic E-state index is 1.33. The normalized spacial score (nSPS) is 5.83. The summed E-state index contributed by atoms with van der Waals surface area (Å²) < 4.78 is 0. The molecule has 0 bridgehead atoms. The van der Waals surface area contributed by atoms with E-state index < -0.39 is 0 Å². The van der Waals surface area contributed by atoms with Gasteiger partial charge in [0.15, 0.2) is 0 Å². The molecule has 0 aliphatic carbocycles. The van der Waals surface area contributed by atoms with Gasteiger partial charge in [-0.15, -0.1) is 0 Å². The Labute approximate surface area is 54.1 Å². The second kappa shape index (κ2) is 6.16. The average Bonchev–Trinajstić information content (AvgIpc) is 1.61. The van der Waals surface area contributed by atoms with E-state index in [9.17, 15) is 0 Å². The van der Waals surface area contributed by atoms with Crippen molar-refractivity contribution in [2.24, 2.45) is 0 Å². The molecule has 0 aromatic heterocycles. The van der Waals surface area contributed by atoms with E-state index in [1.165, 1.54) is 18.6 Å². The first-order chi connectivity index (χ1) is 2.91. The van der Waals surface area contributed by atoms with Gasteiger partial charge in [0.1, 0.15) is 0 Å². The van der Waals surface area contributed by atoms with Crippen LogP contribution in [0.5, 0.6) is 0 Å². The zero-order chi connectivity index (χ0) is 4.83. The molecule has 0 aromatic carbocycles. The van der Waals surface area contributed by atoms with Crippen LogP contribution in [-0.4, -0.2) is 6.72 Å². The van der Waals surface area contributed by atoms with Crippen molar-refractivity contribution in [1.82, 2.24) is 0 Å². The Morgan fingerprint density at radius 3 is 2.17 bits per heavy atom.